The van der Waals surface area contributed by atoms with Gasteiger partial charge in [0, 0.05) is 19.2 Å². The lowest BCUT2D eigenvalue weighted by atomic mass is 10.1. The Labute approximate surface area is 123 Å². The van der Waals surface area contributed by atoms with Gasteiger partial charge in [-0.15, -0.1) is 0 Å². The molecule has 1 amide bonds. The molecule has 0 saturated carbocycles. The number of hydrogen-bond donors (Lipinski definition) is 0. The fourth-order valence-corrected chi connectivity index (χ4v) is 2.58. The first-order valence-corrected chi connectivity index (χ1v) is 7.34. The second kappa shape index (κ2) is 7.06. The lowest BCUT2D eigenvalue weighted by molar-refractivity contribution is -0.385. The molecule has 6 nitrogen and oxygen atoms in total. The number of hydrogen-bond acceptors (Lipinski definition) is 4. The third kappa shape index (κ3) is 3.51. The molecule has 1 aromatic rings. The van der Waals surface area contributed by atoms with Crippen LogP contribution in [0.25, 0.3) is 0 Å². The number of likely N-dealkylation sites (tertiary alicyclic amines) is 1. The van der Waals surface area contributed by atoms with E-state index in [-0.39, 0.29) is 29.5 Å². The Balaban J connectivity index is 2.34. The van der Waals surface area contributed by atoms with Gasteiger partial charge >= 0.3 is 5.69 Å². The summed E-state index contributed by atoms with van der Waals surface area (Å²) in [6, 6.07) is 4.50. The van der Waals surface area contributed by atoms with E-state index < -0.39 is 4.92 Å². The fourth-order valence-electron chi connectivity index (χ4n) is 2.58. The first-order chi connectivity index (χ1) is 10.1. The lowest BCUT2D eigenvalue weighted by Crippen LogP contribution is -2.32. The maximum absolute atomic E-state index is 12.6. The van der Waals surface area contributed by atoms with Gasteiger partial charge in [0.05, 0.1) is 17.1 Å². The number of nitrogens with zero attached hydrogens (tertiary/aromatic N) is 2. The van der Waals surface area contributed by atoms with E-state index in [9.17, 15) is 14.9 Å². The molecule has 2 rings (SSSR count). The molecule has 1 aromatic carbocycles. The number of amides is 1. The van der Waals surface area contributed by atoms with Gasteiger partial charge < -0.3 is 9.64 Å². The highest BCUT2D eigenvalue weighted by Crippen LogP contribution is 2.32. The van der Waals surface area contributed by atoms with E-state index in [1.807, 2.05) is 0 Å². The zero-order chi connectivity index (χ0) is 15.2. The standard InChI is InChI=1S/C15H20N2O4/c1-2-21-14-12(8-7-9-13(14)17(19)20)15(18)16-10-5-3-4-6-11-16/h7-9H,2-6,10-11H2,1H3. The van der Waals surface area contributed by atoms with Crippen molar-refractivity contribution in [3.63, 3.8) is 0 Å². The minimum atomic E-state index is -0.510. The van der Waals surface area contributed by atoms with E-state index in [2.05, 4.69) is 0 Å². The molecule has 1 aliphatic rings. The van der Waals surface area contributed by atoms with Gasteiger partial charge in [-0.1, -0.05) is 18.9 Å². The molecule has 6 heteroatoms. The van der Waals surface area contributed by atoms with Crippen molar-refractivity contribution in [3.05, 3.63) is 33.9 Å². The van der Waals surface area contributed by atoms with Gasteiger partial charge in [-0.3, -0.25) is 14.9 Å². The molecule has 1 aliphatic heterocycles. The van der Waals surface area contributed by atoms with Crippen molar-refractivity contribution in [2.75, 3.05) is 19.7 Å². The normalized spacial score (nSPS) is 15.4. The maximum Gasteiger partial charge on any atom is 0.311 e. The molecule has 21 heavy (non-hydrogen) atoms. The summed E-state index contributed by atoms with van der Waals surface area (Å²) in [5.74, 6) is -0.0942. The zero-order valence-electron chi connectivity index (χ0n) is 12.2. The summed E-state index contributed by atoms with van der Waals surface area (Å²) in [4.78, 5) is 25.0. The number of carbonyl (C=O) groups is 1. The summed E-state index contributed by atoms with van der Waals surface area (Å²) < 4.78 is 5.38. The molecule has 0 N–H and O–H groups in total. The highest BCUT2D eigenvalue weighted by molar-refractivity contribution is 5.98. The zero-order valence-corrected chi connectivity index (χ0v) is 12.2. The van der Waals surface area contributed by atoms with Crippen molar-refractivity contribution in [1.82, 2.24) is 4.90 Å². The Morgan fingerprint density at radius 2 is 1.95 bits per heavy atom. The summed E-state index contributed by atoms with van der Waals surface area (Å²) in [5.41, 5.74) is 0.130. The van der Waals surface area contributed by atoms with E-state index in [1.54, 1.807) is 17.9 Å². The van der Waals surface area contributed by atoms with E-state index in [1.165, 1.54) is 12.1 Å². The second-order valence-corrected chi connectivity index (χ2v) is 5.05. The summed E-state index contributed by atoms with van der Waals surface area (Å²) in [6.07, 6.45) is 4.20. The lowest BCUT2D eigenvalue weighted by Gasteiger charge is -2.21. The van der Waals surface area contributed by atoms with Gasteiger partial charge in [-0.05, 0) is 25.8 Å². The van der Waals surface area contributed by atoms with Crippen LogP contribution in [0.2, 0.25) is 0 Å². The Morgan fingerprint density at radius 3 is 2.52 bits per heavy atom. The number of nitro benzene ring substituents is 1. The van der Waals surface area contributed by atoms with Crippen LogP contribution >= 0.6 is 0 Å². The number of benzene rings is 1. The molecule has 0 spiro atoms. The summed E-state index contributed by atoms with van der Waals surface area (Å²) in [5, 5.41) is 11.1. The van der Waals surface area contributed by atoms with E-state index in [0.29, 0.717) is 13.1 Å². The number of carbonyl (C=O) groups excluding carboxylic acids is 1. The van der Waals surface area contributed by atoms with Crippen LogP contribution in [0.5, 0.6) is 5.75 Å². The van der Waals surface area contributed by atoms with Crippen molar-refractivity contribution in [1.29, 1.82) is 0 Å². The molecule has 0 aliphatic carbocycles. The van der Waals surface area contributed by atoms with Crippen LogP contribution in [0.4, 0.5) is 5.69 Å². The van der Waals surface area contributed by atoms with Crippen LogP contribution in [-0.4, -0.2) is 35.4 Å². The molecule has 1 heterocycles. The fraction of sp³-hybridized carbons (Fsp3) is 0.533. The van der Waals surface area contributed by atoms with Gasteiger partial charge in [-0.25, -0.2) is 0 Å². The third-order valence-corrected chi connectivity index (χ3v) is 3.60. The number of rotatable bonds is 4. The van der Waals surface area contributed by atoms with Crippen LogP contribution in [0, 0.1) is 10.1 Å². The van der Waals surface area contributed by atoms with Crippen molar-refractivity contribution in [3.8, 4) is 5.75 Å². The highest BCUT2D eigenvalue weighted by atomic mass is 16.6. The third-order valence-electron chi connectivity index (χ3n) is 3.60. The average molecular weight is 292 g/mol. The molecule has 0 radical (unpaired) electrons. The van der Waals surface area contributed by atoms with Crippen LogP contribution in [0.3, 0.4) is 0 Å². The van der Waals surface area contributed by atoms with Crippen LogP contribution in [-0.2, 0) is 0 Å². The first-order valence-electron chi connectivity index (χ1n) is 7.34. The molecule has 1 saturated heterocycles. The largest absolute Gasteiger partial charge is 0.487 e. The monoisotopic (exact) mass is 292 g/mol. The Morgan fingerprint density at radius 1 is 1.29 bits per heavy atom. The molecule has 0 unspecified atom stereocenters. The molecule has 0 bridgehead atoms. The Kier molecular flexibility index (Phi) is 5.14. The van der Waals surface area contributed by atoms with Crippen LogP contribution < -0.4 is 4.74 Å². The van der Waals surface area contributed by atoms with Crippen LogP contribution in [0.15, 0.2) is 18.2 Å². The predicted octanol–water partition coefficient (Wildman–Crippen LogP) is 3.01. The van der Waals surface area contributed by atoms with Gasteiger partial charge in [-0.2, -0.15) is 0 Å². The van der Waals surface area contributed by atoms with Crippen molar-refractivity contribution >= 4 is 11.6 Å². The maximum atomic E-state index is 12.6. The predicted molar refractivity (Wildman–Crippen MR) is 78.6 cm³/mol. The Bertz CT molecular complexity index is 522. The molecule has 114 valence electrons. The van der Waals surface area contributed by atoms with E-state index in [4.69, 9.17) is 4.74 Å². The minimum Gasteiger partial charge on any atom is -0.487 e. The van der Waals surface area contributed by atoms with Crippen LogP contribution in [0.1, 0.15) is 43.0 Å². The molecular weight excluding hydrogens is 272 g/mol. The number of ether oxygens (including phenoxy) is 1. The first kappa shape index (κ1) is 15.3. The second-order valence-electron chi connectivity index (χ2n) is 5.05. The summed E-state index contributed by atoms with van der Waals surface area (Å²) >= 11 is 0. The van der Waals surface area contributed by atoms with Gasteiger partial charge in [0.25, 0.3) is 5.91 Å². The number of nitro groups is 1. The molecular formula is C15H20N2O4. The average Bonchev–Trinajstić information content (AvgIpc) is 2.76. The Hall–Kier alpha value is -2.11. The van der Waals surface area contributed by atoms with Gasteiger partial charge in [0.1, 0.15) is 0 Å². The van der Waals surface area contributed by atoms with Gasteiger partial charge in [0.2, 0.25) is 5.75 Å². The summed E-state index contributed by atoms with van der Waals surface area (Å²) in [6.45, 7) is 3.43. The number of para-hydroxylation sites is 1. The highest BCUT2D eigenvalue weighted by Gasteiger charge is 2.26. The summed E-state index contributed by atoms with van der Waals surface area (Å²) in [7, 11) is 0. The molecule has 0 aromatic heterocycles. The topological polar surface area (TPSA) is 72.7 Å². The van der Waals surface area contributed by atoms with Crippen molar-refractivity contribution < 1.29 is 14.5 Å². The SMILES string of the molecule is CCOc1c(C(=O)N2CCCCCC2)cccc1[N+](=O)[O-]. The molecule has 0 atom stereocenters. The van der Waals surface area contributed by atoms with E-state index in [0.717, 1.165) is 25.7 Å². The molecule has 1 fully saturated rings. The van der Waals surface area contributed by atoms with Crippen molar-refractivity contribution in [2.24, 2.45) is 0 Å². The van der Waals surface area contributed by atoms with E-state index >= 15 is 0 Å². The quantitative estimate of drug-likeness (QED) is 0.631. The smallest absolute Gasteiger partial charge is 0.311 e. The van der Waals surface area contributed by atoms with Crippen molar-refractivity contribution in [2.45, 2.75) is 32.6 Å². The van der Waals surface area contributed by atoms with Gasteiger partial charge in [0.15, 0.2) is 0 Å². The minimum absolute atomic E-state index is 0.0826.